The molecule has 0 aromatic rings. The maximum atomic E-state index is 12.2. The predicted molar refractivity (Wildman–Crippen MR) is 79.1 cm³/mol. The highest BCUT2D eigenvalue weighted by Gasteiger charge is 2.50. The zero-order valence-electron chi connectivity index (χ0n) is 12.9. The van der Waals surface area contributed by atoms with Crippen LogP contribution in [-0.4, -0.2) is 46.7 Å². The van der Waals surface area contributed by atoms with Gasteiger partial charge in [-0.05, 0) is 47.5 Å². The number of carboxylic acid groups (broad SMARTS) is 1. The first-order valence-electron chi connectivity index (χ1n) is 6.79. The highest BCUT2D eigenvalue weighted by Crippen LogP contribution is 2.35. The molecule has 0 unspecified atom stereocenters. The van der Waals surface area contributed by atoms with Gasteiger partial charge >= 0.3 is 11.9 Å². The van der Waals surface area contributed by atoms with E-state index in [0.29, 0.717) is 32.0 Å². The molecule has 20 heavy (non-hydrogen) atoms. The Balaban J connectivity index is 0.00000361. The van der Waals surface area contributed by atoms with Gasteiger partial charge in [0.1, 0.15) is 5.60 Å². The number of nitrogens with zero attached hydrogens (tertiary/aromatic N) is 1. The molecule has 0 aliphatic carbocycles. The Labute approximate surface area is 127 Å². The molecule has 1 aliphatic rings. The van der Waals surface area contributed by atoms with E-state index in [1.54, 1.807) is 20.8 Å². The topological polar surface area (TPSA) is 66.8 Å². The first-order valence-corrected chi connectivity index (χ1v) is 6.79. The van der Waals surface area contributed by atoms with Crippen molar-refractivity contribution in [2.75, 3.05) is 13.1 Å². The van der Waals surface area contributed by atoms with E-state index in [9.17, 15) is 14.7 Å². The smallest absolute Gasteiger partial charge is 0.324 e. The van der Waals surface area contributed by atoms with Crippen molar-refractivity contribution in [2.24, 2.45) is 5.41 Å². The zero-order chi connectivity index (χ0) is 14.8. The fourth-order valence-corrected chi connectivity index (χ4v) is 2.30. The third-order valence-electron chi connectivity index (χ3n) is 3.58. The molecule has 0 bridgehead atoms. The van der Waals surface area contributed by atoms with Gasteiger partial charge in [-0.3, -0.25) is 9.59 Å². The number of hydrogen-bond donors (Lipinski definition) is 1. The first-order chi connectivity index (χ1) is 8.58. The summed E-state index contributed by atoms with van der Waals surface area (Å²) < 4.78 is 5.30. The lowest BCUT2D eigenvalue weighted by Crippen LogP contribution is -2.52. The van der Waals surface area contributed by atoms with Gasteiger partial charge < -0.3 is 14.7 Å². The number of hydrogen-bond acceptors (Lipinski definition) is 4. The van der Waals surface area contributed by atoms with Crippen LogP contribution in [0, 0.1) is 5.41 Å². The normalized spacial score (nSPS) is 19.3. The summed E-state index contributed by atoms with van der Waals surface area (Å²) in [6, 6.07) is 0.366. The fraction of sp³-hybridized carbons (Fsp3) is 0.857. The molecule has 0 radical (unpaired) electrons. The van der Waals surface area contributed by atoms with E-state index in [-0.39, 0.29) is 12.4 Å². The maximum Gasteiger partial charge on any atom is 0.324 e. The monoisotopic (exact) mass is 307 g/mol. The second-order valence-corrected chi connectivity index (χ2v) is 6.52. The molecule has 6 heteroatoms. The van der Waals surface area contributed by atoms with Crippen LogP contribution in [-0.2, 0) is 14.3 Å². The standard InChI is InChI=1S/C14H25NO4.ClH/c1-10(2)15-8-6-14(7-9-15,11(16)17)12(18)19-13(3,4)5;/h10H,6-9H2,1-5H3,(H,16,17);1H. The van der Waals surface area contributed by atoms with E-state index in [0.717, 1.165) is 0 Å². The van der Waals surface area contributed by atoms with Crippen molar-refractivity contribution < 1.29 is 19.4 Å². The molecule has 1 saturated heterocycles. The van der Waals surface area contributed by atoms with Crippen LogP contribution in [0.15, 0.2) is 0 Å². The van der Waals surface area contributed by atoms with E-state index >= 15 is 0 Å². The van der Waals surface area contributed by atoms with E-state index in [1.165, 1.54) is 0 Å². The number of piperidine rings is 1. The van der Waals surface area contributed by atoms with Crippen LogP contribution in [0.25, 0.3) is 0 Å². The van der Waals surface area contributed by atoms with Crippen LogP contribution >= 0.6 is 12.4 Å². The minimum absolute atomic E-state index is 0. The molecule has 0 saturated carbocycles. The number of aliphatic carboxylic acids is 1. The number of esters is 1. The lowest BCUT2D eigenvalue weighted by Gasteiger charge is -2.40. The average molecular weight is 308 g/mol. The summed E-state index contributed by atoms with van der Waals surface area (Å²) >= 11 is 0. The zero-order valence-corrected chi connectivity index (χ0v) is 13.7. The second-order valence-electron chi connectivity index (χ2n) is 6.52. The quantitative estimate of drug-likeness (QED) is 0.640. The molecule has 0 aromatic heterocycles. The third kappa shape index (κ3) is 4.35. The van der Waals surface area contributed by atoms with Gasteiger partial charge in [-0.25, -0.2) is 0 Å². The molecule has 1 fully saturated rings. The molecule has 1 N–H and O–H groups in total. The van der Waals surface area contributed by atoms with Crippen LogP contribution in [0.1, 0.15) is 47.5 Å². The number of carboxylic acids is 1. The molecule has 0 atom stereocenters. The van der Waals surface area contributed by atoms with Gasteiger partial charge in [0.2, 0.25) is 0 Å². The van der Waals surface area contributed by atoms with Gasteiger partial charge in [-0.15, -0.1) is 12.4 Å². The summed E-state index contributed by atoms with van der Waals surface area (Å²) in [6.45, 7) is 10.6. The number of carbonyl (C=O) groups is 2. The average Bonchev–Trinajstić information content (AvgIpc) is 2.26. The van der Waals surface area contributed by atoms with Crippen LogP contribution in [0.5, 0.6) is 0 Å². The highest BCUT2D eigenvalue weighted by molar-refractivity contribution is 5.99. The van der Waals surface area contributed by atoms with E-state index in [2.05, 4.69) is 18.7 Å². The van der Waals surface area contributed by atoms with Crippen molar-refractivity contribution in [1.82, 2.24) is 4.90 Å². The van der Waals surface area contributed by atoms with Crippen LogP contribution < -0.4 is 0 Å². The molecule has 0 aromatic carbocycles. The Kier molecular flexibility index (Phi) is 6.49. The lowest BCUT2D eigenvalue weighted by atomic mass is 9.78. The molecular formula is C14H26ClNO4. The van der Waals surface area contributed by atoms with E-state index in [1.807, 2.05) is 0 Å². The fourth-order valence-electron chi connectivity index (χ4n) is 2.30. The van der Waals surface area contributed by atoms with Gasteiger partial charge in [-0.1, -0.05) is 0 Å². The predicted octanol–water partition coefficient (Wildman–Crippen LogP) is 2.33. The van der Waals surface area contributed by atoms with Crippen molar-refractivity contribution in [3.05, 3.63) is 0 Å². The summed E-state index contributed by atoms with van der Waals surface area (Å²) in [4.78, 5) is 26.0. The van der Waals surface area contributed by atoms with Crippen LogP contribution in [0.3, 0.4) is 0 Å². The van der Waals surface area contributed by atoms with E-state index < -0.39 is 23.0 Å². The minimum Gasteiger partial charge on any atom is -0.480 e. The molecule has 5 nitrogen and oxygen atoms in total. The Bertz CT molecular complexity index is 355. The summed E-state index contributed by atoms with van der Waals surface area (Å²) in [5.74, 6) is -1.67. The van der Waals surface area contributed by atoms with Crippen molar-refractivity contribution in [1.29, 1.82) is 0 Å². The summed E-state index contributed by atoms with van der Waals surface area (Å²) in [5, 5.41) is 9.46. The number of carbonyl (C=O) groups excluding carboxylic acids is 1. The van der Waals surface area contributed by atoms with E-state index in [4.69, 9.17) is 4.74 Å². The number of halogens is 1. The molecule has 0 amide bonds. The minimum atomic E-state index is -1.38. The molecule has 1 heterocycles. The molecular weight excluding hydrogens is 282 g/mol. The lowest BCUT2D eigenvalue weighted by molar-refractivity contribution is -0.180. The molecule has 1 rings (SSSR count). The Morgan fingerprint density at radius 1 is 1.20 bits per heavy atom. The van der Waals surface area contributed by atoms with Crippen LogP contribution in [0.2, 0.25) is 0 Å². The summed E-state index contributed by atoms with van der Waals surface area (Å²) in [6.07, 6.45) is 0.630. The van der Waals surface area contributed by atoms with Crippen molar-refractivity contribution >= 4 is 24.3 Å². The second kappa shape index (κ2) is 6.76. The largest absolute Gasteiger partial charge is 0.480 e. The number of ether oxygens (including phenoxy) is 1. The first kappa shape index (κ1) is 19.2. The van der Waals surface area contributed by atoms with Gasteiger partial charge in [-0.2, -0.15) is 0 Å². The Hall–Kier alpha value is -0.810. The van der Waals surface area contributed by atoms with Gasteiger partial charge in [0.15, 0.2) is 5.41 Å². The van der Waals surface area contributed by atoms with Gasteiger partial charge in [0.05, 0.1) is 0 Å². The summed E-state index contributed by atoms with van der Waals surface area (Å²) in [7, 11) is 0. The number of rotatable bonds is 3. The Morgan fingerprint density at radius 2 is 1.65 bits per heavy atom. The SMILES string of the molecule is CC(C)N1CCC(C(=O)O)(C(=O)OC(C)(C)C)CC1.Cl. The van der Waals surface area contributed by atoms with Crippen molar-refractivity contribution in [3.63, 3.8) is 0 Å². The van der Waals surface area contributed by atoms with Gasteiger partial charge in [0, 0.05) is 19.1 Å². The van der Waals surface area contributed by atoms with Crippen LogP contribution in [0.4, 0.5) is 0 Å². The molecule has 118 valence electrons. The number of likely N-dealkylation sites (tertiary alicyclic amines) is 1. The molecule has 1 aliphatic heterocycles. The Morgan fingerprint density at radius 3 is 1.95 bits per heavy atom. The third-order valence-corrected chi connectivity index (χ3v) is 3.58. The maximum absolute atomic E-state index is 12.2. The van der Waals surface area contributed by atoms with Gasteiger partial charge in [0.25, 0.3) is 0 Å². The highest BCUT2D eigenvalue weighted by atomic mass is 35.5. The molecule has 0 spiro atoms. The van der Waals surface area contributed by atoms with Crippen molar-refractivity contribution in [3.8, 4) is 0 Å². The van der Waals surface area contributed by atoms with Crippen molar-refractivity contribution in [2.45, 2.75) is 59.1 Å². The summed E-state index contributed by atoms with van der Waals surface area (Å²) in [5.41, 5.74) is -2.03.